The van der Waals surface area contributed by atoms with Crippen LogP contribution in [-0.2, 0) is 20.0 Å². The van der Waals surface area contributed by atoms with Gasteiger partial charge in [0.2, 0.25) is 0 Å². The molecule has 4 rings (SSSR count). The molecule has 1 aliphatic rings. The number of hydrogen-bond donors (Lipinski definition) is 0. The SMILES string of the molecule is Cc1cc(Cc2ccccc2)cc(C2CCCN(Cc3cnn(C)c3C)C2)n1. The highest BCUT2D eigenvalue weighted by atomic mass is 15.3. The van der Waals surface area contributed by atoms with Gasteiger partial charge < -0.3 is 0 Å². The third-order valence-corrected chi connectivity index (χ3v) is 5.94. The summed E-state index contributed by atoms with van der Waals surface area (Å²) in [4.78, 5) is 7.49. The minimum Gasteiger partial charge on any atom is -0.298 e. The van der Waals surface area contributed by atoms with Crippen LogP contribution in [0, 0.1) is 13.8 Å². The zero-order valence-corrected chi connectivity index (χ0v) is 17.2. The standard InChI is InChI=1S/C24H30N4/c1-18-12-21(13-20-8-5-4-6-9-20)14-24(26-18)22-10-7-11-28(16-22)17-23-15-25-27(3)19(23)2/h4-6,8-9,12,14-15,22H,7,10-11,13,16-17H2,1-3H3. The topological polar surface area (TPSA) is 34.0 Å². The van der Waals surface area contributed by atoms with Crippen LogP contribution in [0.4, 0.5) is 0 Å². The smallest absolute Gasteiger partial charge is 0.0537 e. The van der Waals surface area contributed by atoms with Gasteiger partial charge in [-0.15, -0.1) is 0 Å². The van der Waals surface area contributed by atoms with E-state index in [0.29, 0.717) is 5.92 Å². The molecule has 28 heavy (non-hydrogen) atoms. The van der Waals surface area contributed by atoms with Crippen LogP contribution in [0.25, 0.3) is 0 Å². The molecule has 1 unspecified atom stereocenters. The summed E-state index contributed by atoms with van der Waals surface area (Å²) in [5.41, 5.74) is 7.72. The summed E-state index contributed by atoms with van der Waals surface area (Å²) in [6.45, 7) is 7.50. The summed E-state index contributed by atoms with van der Waals surface area (Å²) in [5, 5.41) is 4.40. The second-order valence-corrected chi connectivity index (χ2v) is 8.16. The molecule has 1 saturated heterocycles. The van der Waals surface area contributed by atoms with Gasteiger partial charge >= 0.3 is 0 Å². The van der Waals surface area contributed by atoms with Crippen LogP contribution < -0.4 is 0 Å². The van der Waals surface area contributed by atoms with Crippen LogP contribution >= 0.6 is 0 Å². The fourth-order valence-electron chi connectivity index (χ4n) is 4.29. The van der Waals surface area contributed by atoms with Crippen molar-refractivity contribution in [3.63, 3.8) is 0 Å². The Morgan fingerprint density at radius 3 is 2.64 bits per heavy atom. The van der Waals surface area contributed by atoms with Crippen LogP contribution in [-0.4, -0.2) is 32.8 Å². The van der Waals surface area contributed by atoms with E-state index >= 15 is 0 Å². The zero-order valence-electron chi connectivity index (χ0n) is 17.2. The molecule has 1 aromatic carbocycles. The normalized spacial score (nSPS) is 17.8. The van der Waals surface area contributed by atoms with E-state index in [2.05, 4.69) is 66.3 Å². The van der Waals surface area contributed by atoms with Gasteiger partial charge in [-0.25, -0.2) is 0 Å². The van der Waals surface area contributed by atoms with Crippen molar-refractivity contribution in [2.75, 3.05) is 13.1 Å². The van der Waals surface area contributed by atoms with Crippen molar-refractivity contribution in [3.05, 3.63) is 82.4 Å². The molecule has 146 valence electrons. The van der Waals surface area contributed by atoms with Gasteiger partial charge in [-0.2, -0.15) is 5.10 Å². The number of rotatable bonds is 5. The van der Waals surface area contributed by atoms with Crippen LogP contribution in [0.3, 0.4) is 0 Å². The summed E-state index contributed by atoms with van der Waals surface area (Å²) < 4.78 is 1.97. The van der Waals surface area contributed by atoms with Gasteiger partial charge in [0.25, 0.3) is 0 Å². The van der Waals surface area contributed by atoms with Gasteiger partial charge in [-0.05, 0) is 62.9 Å². The van der Waals surface area contributed by atoms with Crippen LogP contribution in [0.5, 0.6) is 0 Å². The number of hydrogen-bond acceptors (Lipinski definition) is 3. The third-order valence-electron chi connectivity index (χ3n) is 5.94. The lowest BCUT2D eigenvalue weighted by molar-refractivity contribution is 0.198. The van der Waals surface area contributed by atoms with Gasteiger partial charge in [-0.3, -0.25) is 14.6 Å². The highest BCUT2D eigenvalue weighted by molar-refractivity contribution is 5.30. The Morgan fingerprint density at radius 1 is 1.07 bits per heavy atom. The van der Waals surface area contributed by atoms with E-state index in [1.54, 1.807) is 0 Å². The van der Waals surface area contributed by atoms with Crippen molar-refractivity contribution in [3.8, 4) is 0 Å². The van der Waals surface area contributed by atoms with Gasteiger partial charge in [0.05, 0.1) is 6.20 Å². The first-order chi connectivity index (χ1) is 13.6. The van der Waals surface area contributed by atoms with Crippen molar-refractivity contribution in [1.29, 1.82) is 0 Å². The van der Waals surface area contributed by atoms with Crippen molar-refractivity contribution in [1.82, 2.24) is 19.7 Å². The number of piperidine rings is 1. The molecular formula is C24H30N4. The Balaban J connectivity index is 1.49. The Labute approximate surface area is 168 Å². The average Bonchev–Trinajstić information content (AvgIpc) is 3.01. The zero-order chi connectivity index (χ0) is 19.5. The molecule has 2 aromatic heterocycles. The van der Waals surface area contributed by atoms with Crippen molar-refractivity contribution in [2.45, 2.75) is 45.6 Å². The lowest BCUT2D eigenvalue weighted by atomic mass is 9.92. The molecule has 0 N–H and O–H groups in total. The van der Waals surface area contributed by atoms with Gasteiger partial charge in [0.15, 0.2) is 0 Å². The predicted molar refractivity (Wildman–Crippen MR) is 113 cm³/mol. The summed E-state index contributed by atoms with van der Waals surface area (Å²) in [7, 11) is 2.02. The van der Waals surface area contributed by atoms with E-state index in [1.807, 2.05) is 17.9 Å². The summed E-state index contributed by atoms with van der Waals surface area (Å²) in [5.74, 6) is 0.514. The lowest BCUT2D eigenvalue weighted by Crippen LogP contribution is -2.34. The number of aromatic nitrogens is 3. The predicted octanol–water partition coefficient (Wildman–Crippen LogP) is 4.40. The molecule has 1 fully saturated rings. The molecule has 4 heteroatoms. The summed E-state index contributed by atoms with van der Waals surface area (Å²) in [6, 6.07) is 15.3. The molecule has 3 heterocycles. The molecule has 0 saturated carbocycles. The first-order valence-electron chi connectivity index (χ1n) is 10.3. The highest BCUT2D eigenvalue weighted by Gasteiger charge is 2.23. The Kier molecular flexibility index (Phi) is 5.58. The van der Waals surface area contributed by atoms with E-state index in [1.165, 1.54) is 40.9 Å². The van der Waals surface area contributed by atoms with E-state index in [4.69, 9.17) is 4.98 Å². The van der Waals surface area contributed by atoms with Crippen molar-refractivity contribution in [2.24, 2.45) is 7.05 Å². The van der Waals surface area contributed by atoms with E-state index < -0.39 is 0 Å². The second-order valence-electron chi connectivity index (χ2n) is 8.16. The van der Waals surface area contributed by atoms with E-state index in [9.17, 15) is 0 Å². The van der Waals surface area contributed by atoms with Crippen LogP contribution in [0.15, 0.2) is 48.7 Å². The minimum atomic E-state index is 0.514. The molecule has 0 spiro atoms. The monoisotopic (exact) mass is 374 g/mol. The Bertz CT molecular complexity index is 929. The minimum absolute atomic E-state index is 0.514. The van der Waals surface area contributed by atoms with E-state index in [0.717, 1.165) is 31.7 Å². The number of likely N-dealkylation sites (tertiary alicyclic amines) is 1. The van der Waals surface area contributed by atoms with Crippen molar-refractivity contribution < 1.29 is 0 Å². The largest absolute Gasteiger partial charge is 0.298 e. The van der Waals surface area contributed by atoms with Crippen LogP contribution in [0.2, 0.25) is 0 Å². The maximum Gasteiger partial charge on any atom is 0.0537 e. The Morgan fingerprint density at radius 2 is 1.89 bits per heavy atom. The first kappa shape index (κ1) is 18.9. The number of nitrogens with zero attached hydrogens (tertiary/aromatic N) is 4. The fraction of sp³-hybridized carbons (Fsp3) is 0.417. The molecule has 3 aromatic rings. The Hall–Kier alpha value is -2.46. The molecule has 0 bridgehead atoms. The molecule has 0 aliphatic carbocycles. The molecular weight excluding hydrogens is 344 g/mol. The lowest BCUT2D eigenvalue weighted by Gasteiger charge is -2.32. The molecule has 4 nitrogen and oxygen atoms in total. The van der Waals surface area contributed by atoms with Crippen molar-refractivity contribution >= 4 is 0 Å². The maximum absolute atomic E-state index is 4.92. The number of aryl methyl sites for hydroxylation is 2. The molecule has 0 amide bonds. The molecule has 0 radical (unpaired) electrons. The fourth-order valence-corrected chi connectivity index (χ4v) is 4.29. The third kappa shape index (κ3) is 4.33. The van der Waals surface area contributed by atoms with Gasteiger partial charge in [-0.1, -0.05) is 30.3 Å². The van der Waals surface area contributed by atoms with Gasteiger partial charge in [0.1, 0.15) is 0 Å². The van der Waals surface area contributed by atoms with Gasteiger partial charge in [0, 0.05) is 48.7 Å². The number of pyridine rings is 1. The maximum atomic E-state index is 4.92. The van der Waals surface area contributed by atoms with Crippen LogP contribution in [0.1, 0.15) is 52.5 Å². The molecule has 1 aliphatic heterocycles. The summed E-state index contributed by atoms with van der Waals surface area (Å²) in [6.07, 6.45) is 5.45. The first-order valence-corrected chi connectivity index (χ1v) is 10.3. The average molecular weight is 375 g/mol. The highest BCUT2D eigenvalue weighted by Crippen LogP contribution is 2.28. The molecule has 1 atom stereocenters. The quantitative estimate of drug-likeness (QED) is 0.664. The number of benzene rings is 1. The summed E-state index contributed by atoms with van der Waals surface area (Å²) >= 11 is 0. The second kappa shape index (κ2) is 8.27. The van der Waals surface area contributed by atoms with E-state index in [-0.39, 0.29) is 0 Å².